The molecule has 0 saturated heterocycles. The number of benzene rings is 4. The standard InChI is InChI=1S/C33H29F3N3/c1-17-22-14-19(15-32(3,4)5)10-11-20(22)18(2)29-26(17)31-28-24(37-16-38(31)6)13-12-21-27-23(33(34,35)36)8-7-9-25(27)39(29)30(21)28/h7-14,16H,15H2,1-6H3/q+1. The molecule has 0 atom stereocenters. The fourth-order valence-corrected chi connectivity index (χ4v) is 6.79. The van der Waals surface area contributed by atoms with Crippen LogP contribution in [0.5, 0.6) is 0 Å². The molecule has 3 nitrogen and oxygen atoms in total. The van der Waals surface area contributed by atoms with E-state index in [2.05, 4.69) is 62.2 Å². The van der Waals surface area contributed by atoms with E-state index in [1.807, 2.05) is 30.1 Å². The summed E-state index contributed by atoms with van der Waals surface area (Å²) in [6.07, 6.45) is -1.70. The first kappa shape index (κ1) is 24.1. The number of nitrogens with zero attached hydrogens (tertiary/aromatic N) is 3. The summed E-state index contributed by atoms with van der Waals surface area (Å²) in [6, 6.07) is 14.9. The van der Waals surface area contributed by atoms with Gasteiger partial charge in [0, 0.05) is 10.8 Å². The summed E-state index contributed by atoms with van der Waals surface area (Å²) in [5, 5.41) is 5.09. The van der Waals surface area contributed by atoms with Gasteiger partial charge < -0.3 is 4.40 Å². The number of hydrogen-bond donors (Lipinski definition) is 0. The molecule has 7 rings (SSSR count). The van der Waals surface area contributed by atoms with Gasteiger partial charge in [-0.15, -0.1) is 0 Å². The number of hydrogen-bond acceptors (Lipinski definition) is 1. The molecule has 196 valence electrons. The average Bonchev–Trinajstić information content (AvgIpc) is 3.20. The van der Waals surface area contributed by atoms with Gasteiger partial charge in [0.15, 0.2) is 5.52 Å². The van der Waals surface area contributed by atoms with Crippen molar-refractivity contribution in [1.29, 1.82) is 0 Å². The van der Waals surface area contributed by atoms with Gasteiger partial charge in [0.25, 0.3) is 6.33 Å². The number of halogens is 3. The van der Waals surface area contributed by atoms with Crippen molar-refractivity contribution < 1.29 is 17.7 Å². The van der Waals surface area contributed by atoms with Crippen molar-refractivity contribution >= 4 is 59.9 Å². The highest BCUT2D eigenvalue weighted by Crippen LogP contribution is 2.46. The first-order valence-electron chi connectivity index (χ1n) is 13.2. The summed E-state index contributed by atoms with van der Waals surface area (Å²) < 4.78 is 47.1. The molecule has 4 aromatic carbocycles. The first-order valence-corrected chi connectivity index (χ1v) is 13.2. The molecular weight excluding hydrogens is 495 g/mol. The van der Waals surface area contributed by atoms with Crippen LogP contribution < -0.4 is 4.57 Å². The van der Waals surface area contributed by atoms with Crippen molar-refractivity contribution in [3.8, 4) is 0 Å². The highest BCUT2D eigenvalue weighted by molar-refractivity contribution is 6.28. The maximum absolute atomic E-state index is 14.3. The molecule has 39 heavy (non-hydrogen) atoms. The third-order valence-electron chi connectivity index (χ3n) is 8.25. The van der Waals surface area contributed by atoms with Gasteiger partial charge in [-0.1, -0.05) is 45.0 Å². The molecule has 0 aliphatic heterocycles. The SMILES string of the molecule is Cc1c2cc(CC(C)(C)C)ccc2c(C)c2c1c1c3c(ccc4c5c(C(F)(F)F)cccc5n2c43)nc[n+]1C. The lowest BCUT2D eigenvalue weighted by Gasteiger charge is -2.20. The second kappa shape index (κ2) is 7.59. The van der Waals surface area contributed by atoms with Crippen LogP contribution in [0, 0.1) is 19.3 Å². The molecule has 0 N–H and O–H groups in total. The predicted molar refractivity (Wildman–Crippen MR) is 153 cm³/mol. The Hall–Kier alpha value is -3.93. The Labute approximate surface area is 223 Å². The van der Waals surface area contributed by atoms with Crippen LogP contribution in [0.25, 0.3) is 59.9 Å². The predicted octanol–water partition coefficient (Wildman–Crippen LogP) is 8.59. The van der Waals surface area contributed by atoms with Crippen molar-refractivity contribution in [3.63, 3.8) is 0 Å². The van der Waals surface area contributed by atoms with Crippen LogP contribution >= 0.6 is 0 Å². The topological polar surface area (TPSA) is 21.2 Å². The maximum atomic E-state index is 14.3. The Morgan fingerprint density at radius 3 is 2.28 bits per heavy atom. The van der Waals surface area contributed by atoms with Gasteiger partial charge in [-0.05, 0) is 82.4 Å². The molecule has 0 aliphatic carbocycles. The Kier molecular flexibility index (Phi) is 4.70. The van der Waals surface area contributed by atoms with Crippen LogP contribution in [0.4, 0.5) is 13.2 Å². The number of fused-ring (bicyclic) bond motifs is 7. The molecule has 0 spiro atoms. The summed E-state index contributed by atoms with van der Waals surface area (Å²) in [5.74, 6) is 0. The Morgan fingerprint density at radius 2 is 1.56 bits per heavy atom. The Morgan fingerprint density at radius 1 is 0.821 bits per heavy atom. The minimum atomic E-state index is -4.47. The fourth-order valence-electron chi connectivity index (χ4n) is 6.79. The van der Waals surface area contributed by atoms with E-state index in [0.717, 1.165) is 55.8 Å². The third-order valence-corrected chi connectivity index (χ3v) is 8.25. The zero-order valence-corrected chi connectivity index (χ0v) is 22.9. The lowest BCUT2D eigenvalue weighted by atomic mass is 9.86. The fraction of sp³-hybridized carbons (Fsp3) is 0.273. The Bertz CT molecular complexity index is 2140. The van der Waals surface area contributed by atoms with Crippen molar-refractivity contribution in [2.24, 2.45) is 12.5 Å². The number of aryl methyl sites for hydroxylation is 3. The highest BCUT2D eigenvalue weighted by Gasteiger charge is 2.35. The summed E-state index contributed by atoms with van der Waals surface area (Å²) in [7, 11) is 1.97. The van der Waals surface area contributed by atoms with Crippen molar-refractivity contribution in [1.82, 2.24) is 9.38 Å². The van der Waals surface area contributed by atoms with Crippen LogP contribution in [-0.4, -0.2) is 9.38 Å². The lowest BCUT2D eigenvalue weighted by Crippen LogP contribution is -2.30. The molecule has 6 heteroatoms. The summed E-state index contributed by atoms with van der Waals surface area (Å²) in [5.41, 5.74) is 7.08. The lowest BCUT2D eigenvalue weighted by molar-refractivity contribution is -0.646. The van der Waals surface area contributed by atoms with Gasteiger partial charge in [-0.3, -0.25) is 0 Å². The minimum Gasteiger partial charge on any atom is -0.307 e. The molecule has 0 aliphatic rings. The van der Waals surface area contributed by atoms with E-state index in [0.29, 0.717) is 10.9 Å². The molecule has 0 saturated carbocycles. The number of pyridine rings is 1. The number of aromatic nitrogens is 3. The van der Waals surface area contributed by atoms with Crippen LogP contribution in [-0.2, 0) is 19.6 Å². The molecular formula is C33H29F3N3+. The summed E-state index contributed by atoms with van der Waals surface area (Å²) in [6.45, 7) is 11.0. The first-order chi connectivity index (χ1) is 18.4. The van der Waals surface area contributed by atoms with E-state index in [9.17, 15) is 13.2 Å². The second-order valence-corrected chi connectivity index (χ2v) is 12.2. The highest BCUT2D eigenvalue weighted by atomic mass is 19.4. The smallest absolute Gasteiger partial charge is 0.307 e. The molecule has 3 heterocycles. The van der Waals surface area contributed by atoms with Gasteiger partial charge in [-0.25, -0.2) is 4.57 Å². The van der Waals surface area contributed by atoms with Gasteiger partial charge in [0.1, 0.15) is 5.52 Å². The van der Waals surface area contributed by atoms with Gasteiger partial charge in [-0.2, -0.15) is 13.2 Å². The third kappa shape index (κ3) is 3.24. The maximum Gasteiger partial charge on any atom is 0.417 e. The van der Waals surface area contributed by atoms with Gasteiger partial charge in [0.2, 0.25) is 0 Å². The molecule has 0 fully saturated rings. The monoisotopic (exact) mass is 524 g/mol. The van der Waals surface area contributed by atoms with E-state index < -0.39 is 11.7 Å². The normalized spacial score (nSPS) is 13.4. The Balaban J connectivity index is 1.81. The summed E-state index contributed by atoms with van der Waals surface area (Å²) >= 11 is 0. The molecule has 3 aromatic heterocycles. The summed E-state index contributed by atoms with van der Waals surface area (Å²) in [4.78, 5) is 4.68. The van der Waals surface area contributed by atoms with Gasteiger partial charge >= 0.3 is 6.18 Å². The largest absolute Gasteiger partial charge is 0.417 e. The van der Waals surface area contributed by atoms with Crippen molar-refractivity contribution in [2.45, 2.75) is 47.2 Å². The van der Waals surface area contributed by atoms with Crippen LogP contribution in [0.2, 0.25) is 0 Å². The molecule has 7 aromatic rings. The van der Waals surface area contributed by atoms with E-state index in [4.69, 9.17) is 0 Å². The van der Waals surface area contributed by atoms with Crippen molar-refractivity contribution in [2.75, 3.05) is 0 Å². The van der Waals surface area contributed by atoms with Gasteiger partial charge in [0.05, 0.1) is 39.9 Å². The number of alkyl halides is 3. The van der Waals surface area contributed by atoms with E-state index in [1.54, 1.807) is 6.07 Å². The van der Waals surface area contributed by atoms with Crippen LogP contribution in [0.15, 0.2) is 54.9 Å². The minimum absolute atomic E-state index is 0.152. The zero-order chi connectivity index (χ0) is 27.6. The molecule has 0 amide bonds. The molecule has 0 unspecified atom stereocenters. The van der Waals surface area contributed by atoms with Crippen LogP contribution in [0.3, 0.4) is 0 Å². The van der Waals surface area contributed by atoms with Crippen molar-refractivity contribution in [3.05, 3.63) is 77.1 Å². The number of rotatable bonds is 1. The molecule has 0 bridgehead atoms. The second-order valence-electron chi connectivity index (χ2n) is 12.2. The van der Waals surface area contributed by atoms with Crippen LogP contribution in [0.1, 0.15) is 43.0 Å². The zero-order valence-electron chi connectivity index (χ0n) is 22.9. The quantitative estimate of drug-likeness (QED) is 0.120. The van der Waals surface area contributed by atoms with E-state index in [-0.39, 0.29) is 10.8 Å². The average molecular weight is 525 g/mol. The van der Waals surface area contributed by atoms with E-state index in [1.165, 1.54) is 23.1 Å². The molecule has 0 radical (unpaired) electrons. The van der Waals surface area contributed by atoms with E-state index >= 15 is 0 Å².